The lowest BCUT2D eigenvalue weighted by molar-refractivity contribution is 0.517. The molecule has 4 rings (SSSR count). The molecule has 0 saturated carbocycles. The average Bonchev–Trinajstić information content (AvgIpc) is 2.75. The van der Waals surface area contributed by atoms with Crippen molar-refractivity contribution < 1.29 is 13.2 Å². The van der Waals surface area contributed by atoms with Gasteiger partial charge in [0.25, 0.3) is 0 Å². The summed E-state index contributed by atoms with van der Waals surface area (Å²) < 4.78 is 41.6. The Morgan fingerprint density at radius 2 is 1.67 bits per heavy atom. The number of hydrogen-bond acceptors (Lipinski definition) is 1. The van der Waals surface area contributed by atoms with Gasteiger partial charge in [0, 0.05) is 22.8 Å². The van der Waals surface area contributed by atoms with Crippen molar-refractivity contribution in [2.45, 2.75) is 19.8 Å². The number of benzene rings is 3. The average molecular weight is 401 g/mol. The molecule has 3 aromatic carbocycles. The Morgan fingerprint density at radius 1 is 0.800 bits per heavy atom. The van der Waals surface area contributed by atoms with E-state index in [0.29, 0.717) is 17.4 Å². The number of rotatable bonds is 3. The molecule has 0 fully saturated rings. The molecule has 0 spiro atoms. The van der Waals surface area contributed by atoms with Gasteiger partial charge < -0.3 is 0 Å². The molecule has 148 valence electrons. The van der Waals surface area contributed by atoms with E-state index in [2.05, 4.69) is 16.8 Å². The predicted octanol–water partition coefficient (Wildman–Crippen LogP) is 6.15. The van der Waals surface area contributed by atoms with Crippen molar-refractivity contribution in [3.8, 4) is 11.8 Å². The van der Waals surface area contributed by atoms with E-state index >= 15 is 0 Å². The first-order valence-corrected chi connectivity index (χ1v) is 9.59. The van der Waals surface area contributed by atoms with Gasteiger partial charge in [-0.15, -0.1) is 0 Å². The summed E-state index contributed by atoms with van der Waals surface area (Å²) in [5, 5.41) is 0.736. The highest BCUT2D eigenvalue weighted by Gasteiger charge is 2.07. The summed E-state index contributed by atoms with van der Waals surface area (Å²) in [6.07, 6.45) is 3.25. The van der Waals surface area contributed by atoms with Crippen molar-refractivity contribution in [3.05, 3.63) is 112 Å². The topological polar surface area (TPSA) is 12.9 Å². The molecule has 0 amide bonds. The Balaban J connectivity index is 1.50. The molecule has 1 nitrogen and oxygen atoms in total. The molecule has 0 radical (unpaired) electrons. The zero-order valence-electron chi connectivity index (χ0n) is 16.3. The molecule has 1 heterocycles. The summed E-state index contributed by atoms with van der Waals surface area (Å²) >= 11 is 0. The summed E-state index contributed by atoms with van der Waals surface area (Å²) in [5.74, 6) is 3.57. The van der Waals surface area contributed by atoms with Crippen molar-refractivity contribution in [2.24, 2.45) is 0 Å². The highest BCUT2D eigenvalue weighted by atomic mass is 19.2. The van der Waals surface area contributed by atoms with Gasteiger partial charge in [-0.3, -0.25) is 4.98 Å². The fourth-order valence-electron chi connectivity index (χ4n) is 3.22. The second-order valence-corrected chi connectivity index (χ2v) is 7.19. The fourth-order valence-corrected chi connectivity index (χ4v) is 3.22. The third kappa shape index (κ3) is 4.36. The first kappa shape index (κ1) is 19.7. The van der Waals surface area contributed by atoms with Gasteiger partial charge in [-0.2, -0.15) is 0 Å². The number of aryl methyl sites for hydroxylation is 3. The van der Waals surface area contributed by atoms with Crippen molar-refractivity contribution in [2.75, 3.05) is 0 Å². The monoisotopic (exact) mass is 401 g/mol. The quantitative estimate of drug-likeness (QED) is 0.376. The smallest absolute Gasteiger partial charge is 0.166 e. The molecule has 0 N–H and O–H groups in total. The summed E-state index contributed by atoms with van der Waals surface area (Å²) in [4.78, 5) is 4.37. The molecular weight excluding hydrogens is 383 g/mol. The van der Waals surface area contributed by atoms with Crippen LogP contribution in [0.1, 0.15) is 27.9 Å². The molecule has 0 aliphatic heterocycles. The maximum absolute atomic E-state index is 14.5. The molecular formula is C26H18F3N. The van der Waals surface area contributed by atoms with E-state index in [0.717, 1.165) is 29.3 Å². The zero-order valence-corrected chi connectivity index (χ0v) is 16.3. The Kier molecular flexibility index (Phi) is 5.54. The molecule has 0 atom stereocenters. The van der Waals surface area contributed by atoms with E-state index < -0.39 is 11.6 Å². The van der Waals surface area contributed by atoms with Crippen LogP contribution in [0.25, 0.3) is 10.8 Å². The molecule has 30 heavy (non-hydrogen) atoms. The fraction of sp³-hybridized carbons (Fsp3) is 0.115. The van der Waals surface area contributed by atoms with Gasteiger partial charge in [0.05, 0.1) is 5.56 Å². The largest absolute Gasteiger partial charge is 0.261 e. The number of fused-ring (bicyclic) bond motifs is 1. The van der Waals surface area contributed by atoms with E-state index in [-0.39, 0.29) is 16.8 Å². The minimum absolute atomic E-state index is 0.194. The Labute approximate surface area is 173 Å². The second-order valence-electron chi connectivity index (χ2n) is 7.19. The summed E-state index contributed by atoms with van der Waals surface area (Å²) in [6, 6.07) is 16.3. The third-order valence-electron chi connectivity index (χ3n) is 4.92. The van der Waals surface area contributed by atoms with Crippen LogP contribution in [-0.2, 0) is 12.8 Å². The summed E-state index contributed by atoms with van der Waals surface area (Å²) in [5.41, 5.74) is 3.84. The van der Waals surface area contributed by atoms with Crippen LogP contribution in [0.2, 0.25) is 0 Å². The Morgan fingerprint density at radius 3 is 2.43 bits per heavy atom. The number of hydrogen-bond donors (Lipinski definition) is 0. The molecule has 1 aromatic heterocycles. The SMILES string of the molecule is Cc1ccc(CCc2ccc(C#Cc3ccc4c(F)c(F)ccc4c3)c(F)c2)nc1. The second kappa shape index (κ2) is 8.42. The van der Waals surface area contributed by atoms with Gasteiger partial charge in [0.1, 0.15) is 5.82 Å². The lowest BCUT2D eigenvalue weighted by Gasteiger charge is -2.04. The highest BCUT2D eigenvalue weighted by Crippen LogP contribution is 2.21. The molecule has 0 unspecified atom stereocenters. The molecule has 0 aliphatic rings. The normalized spacial score (nSPS) is 10.7. The summed E-state index contributed by atoms with van der Waals surface area (Å²) in [7, 11) is 0. The van der Waals surface area contributed by atoms with E-state index in [1.807, 2.05) is 31.3 Å². The van der Waals surface area contributed by atoms with Crippen LogP contribution in [0.4, 0.5) is 13.2 Å². The maximum Gasteiger partial charge on any atom is 0.166 e. The van der Waals surface area contributed by atoms with Crippen molar-refractivity contribution in [3.63, 3.8) is 0 Å². The Hall–Kier alpha value is -3.58. The molecule has 0 bridgehead atoms. The lowest BCUT2D eigenvalue weighted by Crippen LogP contribution is -1.96. The minimum atomic E-state index is -0.887. The first-order valence-electron chi connectivity index (χ1n) is 9.59. The van der Waals surface area contributed by atoms with Gasteiger partial charge in [-0.05, 0) is 72.7 Å². The summed E-state index contributed by atoms with van der Waals surface area (Å²) in [6.45, 7) is 1.99. The van der Waals surface area contributed by atoms with Crippen LogP contribution in [0.15, 0.2) is 66.9 Å². The highest BCUT2D eigenvalue weighted by molar-refractivity contribution is 5.84. The van der Waals surface area contributed by atoms with Gasteiger partial charge in [0.15, 0.2) is 11.6 Å². The van der Waals surface area contributed by atoms with Crippen LogP contribution < -0.4 is 0 Å². The van der Waals surface area contributed by atoms with Crippen molar-refractivity contribution >= 4 is 10.8 Å². The van der Waals surface area contributed by atoms with E-state index in [4.69, 9.17) is 0 Å². The standard InChI is InChI=1S/C26H18F3N/c1-17-2-10-22(30-16-17)11-5-19-4-8-20(25(28)15-19)7-3-18-6-12-23-21(14-18)9-13-24(27)26(23)29/h2,4,6,8-10,12-16H,5,11H2,1H3. The van der Waals surface area contributed by atoms with Crippen LogP contribution in [-0.4, -0.2) is 4.98 Å². The number of pyridine rings is 1. The van der Waals surface area contributed by atoms with E-state index in [1.165, 1.54) is 18.2 Å². The van der Waals surface area contributed by atoms with Crippen LogP contribution in [0, 0.1) is 36.2 Å². The Bertz CT molecular complexity index is 1280. The van der Waals surface area contributed by atoms with E-state index in [1.54, 1.807) is 18.2 Å². The lowest BCUT2D eigenvalue weighted by atomic mass is 10.0. The molecule has 0 aliphatic carbocycles. The maximum atomic E-state index is 14.5. The third-order valence-corrected chi connectivity index (χ3v) is 4.92. The van der Waals surface area contributed by atoms with Crippen LogP contribution in [0.3, 0.4) is 0 Å². The van der Waals surface area contributed by atoms with Crippen molar-refractivity contribution in [1.29, 1.82) is 0 Å². The van der Waals surface area contributed by atoms with Crippen LogP contribution >= 0.6 is 0 Å². The molecule has 4 heteroatoms. The molecule has 0 saturated heterocycles. The number of halogens is 3. The zero-order chi connectivity index (χ0) is 21.1. The van der Waals surface area contributed by atoms with Gasteiger partial charge in [-0.25, -0.2) is 13.2 Å². The minimum Gasteiger partial charge on any atom is -0.261 e. The van der Waals surface area contributed by atoms with Gasteiger partial charge in [0.2, 0.25) is 0 Å². The first-order chi connectivity index (χ1) is 14.5. The predicted molar refractivity (Wildman–Crippen MR) is 113 cm³/mol. The van der Waals surface area contributed by atoms with Gasteiger partial charge in [-0.1, -0.05) is 36.1 Å². The van der Waals surface area contributed by atoms with Gasteiger partial charge >= 0.3 is 0 Å². The number of aromatic nitrogens is 1. The van der Waals surface area contributed by atoms with E-state index in [9.17, 15) is 13.2 Å². The number of nitrogens with zero attached hydrogens (tertiary/aromatic N) is 1. The van der Waals surface area contributed by atoms with Crippen LogP contribution in [0.5, 0.6) is 0 Å². The molecule has 4 aromatic rings. The van der Waals surface area contributed by atoms with Crippen molar-refractivity contribution in [1.82, 2.24) is 4.98 Å².